The maximum Gasteiger partial charge on any atom is 0.242 e. The van der Waals surface area contributed by atoms with Crippen LogP contribution in [0.2, 0.25) is 0 Å². The standard InChI is InChI=1S/C14H20N2O3/c1-14(8-17,9-18)16-13(19)12-11-5-3-2-4-10(11)6-7-15-12/h2-5,12,15,17-18H,6-9H2,1H3,(H,16,19). The molecule has 1 aromatic rings. The van der Waals surface area contributed by atoms with E-state index >= 15 is 0 Å². The van der Waals surface area contributed by atoms with Gasteiger partial charge in [0.15, 0.2) is 0 Å². The molecule has 19 heavy (non-hydrogen) atoms. The summed E-state index contributed by atoms with van der Waals surface area (Å²) in [6.07, 6.45) is 0.900. The Labute approximate surface area is 112 Å². The highest BCUT2D eigenvalue weighted by molar-refractivity contribution is 5.84. The summed E-state index contributed by atoms with van der Waals surface area (Å²) >= 11 is 0. The van der Waals surface area contributed by atoms with Crippen LogP contribution in [0.3, 0.4) is 0 Å². The number of aliphatic hydroxyl groups excluding tert-OH is 2. The number of benzene rings is 1. The van der Waals surface area contributed by atoms with Gasteiger partial charge in [-0.25, -0.2) is 0 Å². The first-order valence-corrected chi connectivity index (χ1v) is 6.44. The lowest BCUT2D eigenvalue weighted by Gasteiger charge is -2.31. The molecule has 1 amide bonds. The van der Waals surface area contributed by atoms with Gasteiger partial charge < -0.3 is 20.8 Å². The number of aliphatic hydroxyl groups is 2. The van der Waals surface area contributed by atoms with Crippen LogP contribution in [-0.2, 0) is 11.2 Å². The van der Waals surface area contributed by atoms with Crippen LogP contribution in [0.5, 0.6) is 0 Å². The van der Waals surface area contributed by atoms with Crippen molar-refractivity contribution in [3.63, 3.8) is 0 Å². The smallest absolute Gasteiger partial charge is 0.242 e. The lowest BCUT2D eigenvalue weighted by Crippen LogP contribution is -2.55. The number of amides is 1. The lowest BCUT2D eigenvalue weighted by molar-refractivity contribution is -0.126. The third kappa shape index (κ3) is 2.94. The Morgan fingerprint density at radius 1 is 1.42 bits per heavy atom. The van der Waals surface area contributed by atoms with Crippen LogP contribution in [0.1, 0.15) is 24.1 Å². The molecule has 0 fully saturated rings. The highest BCUT2D eigenvalue weighted by atomic mass is 16.3. The zero-order valence-corrected chi connectivity index (χ0v) is 11.0. The minimum Gasteiger partial charge on any atom is -0.394 e. The van der Waals surface area contributed by atoms with E-state index in [1.165, 1.54) is 0 Å². The molecule has 0 aromatic heterocycles. The van der Waals surface area contributed by atoms with Gasteiger partial charge in [-0.2, -0.15) is 0 Å². The molecule has 1 atom stereocenters. The van der Waals surface area contributed by atoms with E-state index in [0.717, 1.165) is 24.1 Å². The van der Waals surface area contributed by atoms with Gasteiger partial charge >= 0.3 is 0 Å². The largest absolute Gasteiger partial charge is 0.394 e. The molecule has 0 bridgehead atoms. The van der Waals surface area contributed by atoms with Crippen LogP contribution < -0.4 is 10.6 Å². The van der Waals surface area contributed by atoms with Crippen molar-refractivity contribution in [2.75, 3.05) is 19.8 Å². The first-order valence-electron chi connectivity index (χ1n) is 6.44. The number of carbonyl (C=O) groups excluding carboxylic acids is 1. The highest BCUT2D eigenvalue weighted by Crippen LogP contribution is 2.23. The Morgan fingerprint density at radius 3 is 2.79 bits per heavy atom. The van der Waals surface area contributed by atoms with Crippen molar-refractivity contribution in [3.05, 3.63) is 35.4 Å². The second-order valence-corrected chi connectivity index (χ2v) is 5.20. The van der Waals surface area contributed by atoms with E-state index in [-0.39, 0.29) is 19.1 Å². The molecule has 1 aromatic carbocycles. The normalized spacial score (nSPS) is 18.8. The molecule has 1 unspecified atom stereocenters. The Bertz CT molecular complexity index is 458. The van der Waals surface area contributed by atoms with Gasteiger partial charge in [-0.1, -0.05) is 24.3 Å². The van der Waals surface area contributed by atoms with E-state index in [0.29, 0.717) is 0 Å². The van der Waals surface area contributed by atoms with E-state index < -0.39 is 11.6 Å². The van der Waals surface area contributed by atoms with Gasteiger partial charge in [0.2, 0.25) is 5.91 Å². The number of nitrogens with one attached hydrogen (secondary N) is 2. The van der Waals surface area contributed by atoms with Crippen LogP contribution in [-0.4, -0.2) is 41.4 Å². The number of hydrogen-bond acceptors (Lipinski definition) is 4. The molecule has 5 heteroatoms. The first-order chi connectivity index (χ1) is 9.09. The topological polar surface area (TPSA) is 81.6 Å². The predicted octanol–water partition coefficient (Wildman–Crippen LogP) is -0.267. The van der Waals surface area contributed by atoms with Gasteiger partial charge in [-0.15, -0.1) is 0 Å². The van der Waals surface area contributed by atoms with Gasteiger partial charge in [-0.05, 0) is 24.5 Å². The summed E-state index contributed by atoms with van der Waals surface area (Å²) in [6.45, 7) is 1.75. The SMILES string of the molecule is CC(CO)(CO)NC(=O)C1NCCc2ccccc21. The van der Waals surface area contributed by atoms with Crippen LogP contribution in [0, 0.1) is 0 Å². The Balaban J connectivity index is 2.17. The summed E-state index contributed by atoms with van der Waals surface area (Å²) in [5, 5.41) is 24.3. The number of fused-ring (bicyclic) bond motifs is 1. The molecule has 0 saturated carbocycles. The Hall–Kier alpha value is -1.43. The first kappa shape index (κ1) is 14.0. The lowest BCUT2D eigenvalue weighted by atomic mass is 9.93. The predicted molar refractivity (Wildman–Crippen MR) is 71.6 cm³/mol. The van der Waals surface area contributed by atoms with Crippen molar-refractivity contribution >= 4 is 5.91 Å². The molecular formula is C14H20N2O3. The molecule has 0 saturated heterocycles. The maximum atomic E-state index is 12.3. The van der Waals surface area contributed by atoms with Gasteiger partial charge in [-0.3, -0.25) is 4.79 Å². The molecule has 2 rings (SSSR count). The third-order valence-electron chi connectivity index (χ3n) is 3.49. The fourth-order valence-electron chi connectivity index (χ4n) is 2.24. The van der Waals surface area contributed by atoms with E-state index in [1.54, 1.807) is 6.92 Å². The summed E-state index contributed by atoms with van der Waals surface area (Å²) in [4.78, 5) is 12.3. The van der Waals surface area contributed by atoms with Crippen molar-refractivity contribution in [2.24, 2.45) is 0 Å². The molecule has 1 aliphatic heterocycles. The summed E-state index contributed by atoms with van der Waals surface area (Å²) in [5.41, 5.74) is 1.13. The monoisotopic (exact) mass is 264 g/mol. The molecule has 0 spiro atoms. The van der Waals surface area contributed by atoms with E-state index in [1.807, 2.05) is 24.3 Å². The van der Waals surface area contributed by atoms with Crippen molar-refractivity contribution in [1.82, 2.24) is 10.6 Å². The molecule has 104 valence electrons. The van der Waals surface area contributed by atoms with Gasteiger partial charge in [0.25, 0.3) is 0 Å². The second kappa shape index (κ2) is 5.69. The van der Waals surface area contributed by atoms with Gasteiger partial charge in [0.05, 0.1) is 18.8 Å². The van der Waals surface area contributed by atoms with Crippen molar-refractivity contribution in [2.45, 2.75) is 24.9 Å². The molecule has 0 aliphatic carbocycles. The summed E-state index contributed by atoms with van der Waals surface area (Å²) < 4.78 is 0. The zero-order chi connectivity index (χ0) is 13.9. The molecule has 0 radical (unpaired) electrons. The molecule has 5 nitrogen and oxygen atoms in total. The number of rotatable bonds is 4. The highest BCUT2D eigenvalue weighted by Gasteiger charge is 2.31. The van der Waals surface area contributed by atoms with Crippen LogP contribution in [0.15, 0.2) is 24.3 Å². The third-order valence-corrected chi connectivity index (χ3v) is 3.49. The van der Waals surface area contributed by atoms with Crippen molar-refractivity contribution < 1.29 is 15.0 Å². The Morgan fingerprint density at radius 2 is 2.11 bits per heavy atom. The summed E-state index contributed by atoms with van der Waals surface area (Å²) in [5.74, 6) is -0.224. The number of carbonyl (C=O) groups is 1. The average Bonchev–Trinajstić information content (AvgIpc) is 2.46. The van der Waals surface area contributed by atoms with Gasteiger partial charge in [0.1, 0.15) is 6.04 Å². The molecular weight excluding hydrogens is 244 g/mol. The van der Waals surface area contributed by atoms with Crippen molar-refractivity contribution in [3.8, 4) is 0 Å². The quantitative estimate of drug-likeness (QED) is 0.603. The van der Waals surface area contributed by atoms with E-state index in [4.69, 9.17) is 0 Å². The molecule has 1 aliphatic rings. The van der Waals surface area contributed by atoms with Gasteiger partial charge in [0, 0.05) is 6.54 Å². The molecule has 4 N–H and O–H groups in total. The average molecular weight is 264 g/mol. The minimum absolute atomic E-state index is 0.224. The maximum absolute atomic E-state index is 12.3. The molecule has 1 heterocycles. The number of hydrogen-bond donors (Lipinski definition) is 4. The fourth-order valence-corrected chi connectivity index (χ4v) is 2.24. The Kier molecular flexibility index (Phi) is 4.19. The van der Waals surface area contributed by atoms with Crippen LogP contribution >= 0.6 is 0 Å². The zero-order valence-electron chi connectivity index (χ0n) is 11.0. The summed E-state index contributed by atoms with van der Waals surface area (Å²) in [6, 6.07) is 7.39. The fraction of sp³-hybridized carbons (Fsp3) is 0.500. The second-order valence-electron chi connectivity index (χ2n) is 5.20. The van der Waals surface area contributed by atoms with E-state index in [9.17, 15) is 15.0 Å². The van der Waals surface area contributed by atoms with E-state index in [2.05, 4.69) is 10.6 Å². The van der Waals surface area contributed by atoms with Crippen LogP contribution in [0.4, 0.5) is 0 Å². The minimum atomic E-state index is -0.995. The summed E-state index contributed by atoms with van der Waals surface area (Å²) in [7, 11) is 0. The van der Waals surface area contributed by atoms with Crippen LogP contribution in [0.25, 0.3) is 0 Å². The van der Waals surface area contributed by atoms with Crippen molar-refractivity contribution in [1.29, 1.82) is 0 Å².